The molecule has 0 bridgehead atoms. The predicted octanol–water partition coefficient (Wildman–Crippen LogP) is 1.49. The molecule has 0 aromatic carbocycles. The Labute approximate surface area is 75.6 Å². The molecule has 12 heavy (non-hydrogen) atoms. The van der Waals surface area contributed by atoms with Crippen molar-refractivity contribution < 1.29 is 5.11 Å². The van der Waals surface area contributed by atoms with Crippen LogP contribution in [0.5, 0.6) is 0 Å². The van der Waals surface area contributed by atoms with E-state index < -0.39 is 5.60 Å². The summed E-state index contributed by atoms with van der Waals surface area (Å²) in [6.07, 6.45) is 0. The van der Waals surface area contributed by atoms with Gasteiger partial charge in [-0.1, -0.05) is 13.8 Å². The van der Waals surface area contributed by atoms with Gasteiger partial charge in [0, 0.05) is 24.5 Å². The Balaban J connectivity index is 2.74. The Morgan fingerprint density at radius 2 is 1.67 bits per heavy atom. The molecule has 0 radical (unpaired) electrons. The van der Waals surface area contributed by atoms with E-state index in [-0.39, 0.29) is 5.41 Å². The molecule has 0 amide bonds. The minimum absolute atomic E-state index is 0.0251. The van der Waals surface area contributed by atoms with Crippen LogP contribution in [0.2, 0.25) is 0 Å². The van der Waals surface area contributed by atoms with Crippen molar-refractivity contribution in [1.82, 2.24) is 4.90 Å². The average Bonchev–Trinajstić information content (AvgIpc) is 2.03. The molecule has 0 spiro atoms. The van der Waals surface area contributed by atoms with Gasteiger partial charge in [0.15, 0.2) is 0 Å². The van der Waals surface area contributed by atoms with Crippen LogP contribution >= 0.6 is 0 Å². The second kappa shape index (κ2) is 2.71. The smallest absolute Gasteiger partial charge is 0.0808 e. The van der Waals surface area contributed by atoms with Crippen molar-refractivity contribution in [2.75, 3.05) is 13.1 Å². The van der Waals surface area contributed by atoms with Crippen LogP contribution in [0, 0.1) is 5.41 Å². The second-order valence-corrected chi connectivity index (χ2v) is 5.16. The summed E-state index contributed by atoms with van der Waals surface area (Å²) in [4.78, 5) is 2.33. The van der Waals surface area contributed by atoms with Gasteiger partial charge < -0.3 is 5.11 Å². The third kappa shape index (κ3) is 1.50. The van der Waals surface area contributed by atoms with E-state index in [0.717, 1.165) is 13.1 Å². The summed E-state index contributed by atoms with van der Waals surface area (Å²) in [7, 11) is 0. The van der Waals surface area contributed by atoms with Crippen molar-refractivity contribution in [3.8, 4) is 0 Å². The number of rotatable bonds is 1. The highest BCUT2D eigenvalue weighted by atomic mass is 16.3. The first-order chi connectivity index (χ1) is 5.26. The lowest BCUT2D eigenvalue weighted by Crippen LogP contribution is -2.40. The quantitative estimate of drug-likeness (QED) is 0.646. The van der Waals surface area contributed by atoms with Gasteiger partial charge in [-0.15, -0.1) is 0 Å². The van der Waals surface area contributed by atoms with Crippen LogP contribution in [0.15, 0.2) is 0 Å². The van der Waals surface area contributed by atoms with Gasteiger partial charge in [-0.05, 0) is 20.8 Å². The van der Waals surface area contributed by atoms with E-state index in [1.165, 1.54) is 0 Å². The van der Waals surface area contributed by atoms with Crippen molar-refractivity contribution in [3.63, 3.8) is 0 Å². The van der Waals surface area contributed by atoms with Gasteiger partial charge >= 0.3 is 0 Å². The second-order valence-electron chi connectivity index (χ2n) is 5.16. The molecule has 1 aliphatic heterocycles. The normalized spacial score (nSPS) is 36.2. The van der Waals surface area contributed by atoms with Crippen molar-refractivity contribution in [3.05, 3.63) is 0 Å². The molecule has 0 aromatic heterocycles. The van der Waals surface area contributed by atoms with Crippen LogP contribution in [-0.2, 0) is 0 Å². The maximum absolute atomic E-state index is 10.1. The molecular weight excluding hydrogens is 150 g/mol. The zero-order valence-electron chi connectivity index (χ0n) is 8.89. The van der Waals surface area contributed by atoms with E-state index in [2.05, 4.69) is 32.6 Å². The highest BCUT2D eigenvalue weighted by molar-refractivity contribution is 5.01. The Hall–Kier alpha value is -0.0800. The molecule has 0 aromatic rings. The summed E-state index contributed by atoms with van der Waals surface area (Å²) in [5.41, 5.74) is -0.505. The van der Waals surface area contributed by atoms with Gasteiger partial charge in [0.2, 0.25) is 0 Å². The van der Waals surface area contributed by atoms with Gasteiger partial charge in [-0.2, -0.15) is 0 Å². The summed E-state index contributed by atoms with van der Waals surface area (Å²) in [5, 5.41) is 10.1. The molecule has 1 atom stereocenters. The third-order valence-corrected chi connectivity index (χ3v) is 3.30. The summed E-state index contributed by atoms with van der Waals surface area (Å²) >= 11 is 0. The summed E-state index contributed by atoms with van der Waals surface area (Å²) < 4.78 is 0. The fraction of sp³-hybridized carbons (Fsp3) is 1.00. The Morgan fingerprint density at radius 1 is 1.17 bits per heavy atom. The molecule has 0 aliphatic carbocycles. The average molecular weight is 171 g/mol. The van der Waals surface area contributed by atoms with Crippen LogP contribution in [0.25, 0.3) is 0 Å². The lowest BCUT2D eigenvalue weighted by Gasteiger charge is -2.31. The van der Waals surface area contributed by atoms with Crippen molar-refractivity contribution in [1.29, 1.82) is 0 Å². The van der Waals surface area contributed by atoms with E-state index in [1.807, 2.05) is 6.92 Å². The van der Waals surface area contributed by atoms with E-state index in [4.69, 9.17) is 0 Å². The third-order valence-electron chi connectivity index (χ3n) is 3.30. The molecule has 0 saturated carbocycles. The van der Waals surface area contributed by atoms with Crippen LogP contribution in [0.1, 0.15) is 34.6 Å². The first kappa shape index (κ1) is 10.0. The van der Waals surface area contributed by atoms with Crippen LogP contribution in [-0.4, -0.2) is 34.7 Å². The molecule has 1 unspecified atom stereocenters. The van der Waals surface area contributed by atoms with E-state index in [1.54, 1.807) is 0 Å². The molecule has 2 nitrogen and oxygen atoms in total. The molecule has 1 heterocycles. The van der Waals surface area contributed by atoms with Gasteiger partial charge in [0.1, 0.15) is 0 Å². The maximum atomic E-state index is 10.1. The number of hydrogen-bond donors (Lipinski definition) is 1. The van der Waals surface area contributed by atoms with Crippen LogP contribution in [0.3, 0.4) is 0 Å². The molecule has 1 fully saturated rings. The zero-order valence-corrected chi connectivity index (χ0v) is 8.89. The minimum atomic E-state index is -0.530. The first-order valence-electron chi connectivity index (χ1n) is 4.73. The monoisotopic (exact) mass is 171 g/mol. The molecule has 2 heteroatoms. The standard InChI is InChI=1S/C10H21NO/c1-8(2)11-6-9(3,4)10(5,12)7-11/h8,12H,6-7H2,1-5H3. The first-order valence-corrected chi connectivity index (χ1v) is 4.73. The fourth-order valence-corrected chi connectivity index (χ4v) is 1.71. The van der Waals surface area contributed by atoms with Gasteiger partial charge in [0.05, 0.1) is 5.60 Å². The molecule has 72 valence electrons. The molecular formula is C10H21NO. The van der Waals surface area contributed by atoms with E-state index in [0.29, 0.717) is 6.04 Å². The summed E-state index contributed by atoms with van der Waals surface area (Å²) in [6, 6.07) is 0.540. The molecule has 1 saturated heterocycles. The number of aliphatic hydroxyl groups is 1. The highest BCUT2D eigenvalue weighted by Crippen LogP contribution is 2.38. The highest BCUT2D eigenvalue weighted by Gasteiger charge is 2.47. The SMILES string of the molecule is CC(C)N1CC(C)(C)C(C)(O)C1. The number of hydrogen-bond acceptors (Lipinski definition) is 2. The molecule has 1 aliphatic rings. The minimum Gasteiger partial charge on any atom is -0.388 e. The lowest BCUT2D eigenvalue weighted by molar-refractivity contribution is -0.0114. The van der Waals surface area contributed by atoms with Crippen molar-refractivity contribution >= 4 is 0 Å². The fourth-order valence-electron chi connectivity index (χ4n) is 1.71. The van der Waals surface area contributed by atoms with Gasteiger partial charge in [0.25, 0.3) is 0 Å². The van der Waals surface area contributed by atoms with Crippen LogP contribution < -0.4 is 0 Å². The zero-order chi connectivity index (χ0) is 9.57. The number of β-amino-alcohol motifs (C(OH)–C–C–N with tert-alkyl or cyclic N) is 1. The lowest BCUT2D eigenvalue weighted by atomic mass is 9.79. The number of likely N-dealkylation sites (tertiary alicyclic amines) is 1. The molecule has 1 N–H and O–H groups in total. The predicted molar refractivity (Wildman–Crippen MR) is 51.1 cm³/mol. The van der Waals surface area contributed by atoms with Crippen molar-refractivity contribution in [2.45, 2.75) is 46.3 Å². The summed E-state index contributed by atoms with van der Waals surface area (Å²) in [5.74, 6) is 0. The Bertz CT molecular complexity index is 157. The topological polar surface area (TPSA) is 23.5 Å². The molecule has 1 rings (SSSR count). The van der Waals surface area contributed by atoms with E-state index >= 15 is 0 Å². The van der Waals surface area contributed by atoms with Crippen LogP contribution in [0.4, 0.5) is 0 Å². The summed E-state index contributed by atoms with van der Waals surface area (Å²) in [6.45, 7) is 12.4. The number of nitrogens with zero attached hydrogens (tertiary/aromatic N) is 1. The maximum Gasteiger partial charge on any atom is 0.0808 e. The van der Waals surface area contributed by atoms with E-state index in [9.17, 15) is 5.11 Å². The Kier molecular flexibility index (Phi) is 2.26. The van der Waals surface area contributed by atoms with Gasteiger partial charge in [-0.25, -0.2) is 0 Å². The van der Waals surface area contributed by atoms with Gasteiger partial charge in [-0.3, -0.25) is 4.90 Å². The Morgan fingerprint density at radius 3 is 1.83 bits per heavy atom. The van der Waals surface area contributed by atoms with Crippen molar-refractivity contribution in [2.24, 2.45) is 5.41 Å². The largest absolute Gasteiger partial charge is 0.388 e.